The van der Waals surface area contributed by atoms with Gasteiger partial charge in [-0.2, -0.15) is 0 Å². The lowest BCUT2D eigenvalue weighted by molar-refractivity contribution is -0.139. The first-order valence-corrected chi connectivity index (χ1v) is 16.2. The van der Waals surface area contributed by atoms with Crippen molar-refractivity contribution in [1.29, 1.82) is 0 Å². The number of carbonyl (C=O) groups is 2. The quantitative estimate of drug-likeness (QED) is 0.0834. The molecule has 0 radical (unpaired) electrons. The fraction of sp³-hybridized carbons (Fsp3) is 0.714. The monoisotopic (exact) mass is 588 g/mol. The molecule has 0 bridgehead atoms. The van der Waals surface area contributed by atoms with Crippen LogP contribution in [0.5, 0.6) is 0 Å². The zero-order valence-corrected chi connectivity index (χ0v) is 28.0. The molecule has 0 aromatic rings. The highest BCUT2D eigenvalue weighted by molar-refractivity contribution is 5.73. The summed E-state index contributed by atoms with van der Waals surface area (Å²) >= 11 is 0. The number of aliphatic carboxylic acids is 1. The van der Waals surface area contributed by atoms with E-state index in [-0.39, 0.29) is 18.5 Å². The van der Waals surface area contributed by atoms with Gasteiger partial charge in [-0.05, 0) is 82.7 Å². The van der Waals surface area contributed by atoms with E-state index in [0.717, 1.165) is 50.5 Å². The van der Waals surface area contributed by atoms with Gasteiger partial charge in [0, 0.05) is 42.0 Å². The number of allylic oxidation sites excluding steroid dienone is 3. The minimum atomic E-state index is -0.894. The zero-order chi connectivity index (χ0) is 32.2. The van der Waals surface area contributed by atoms with E-state index in [1.807, 2.05) is 34.7 Å². The van der Waals surface area contributed by atoms with Crippen LogP contribution >= 0.6 is 0 Å². The first-order chi connectivity index (χ1) is 19.9. The zero-order valence-electron chi connectivity index (χ0n) is 28.0. The number of nitrogens with zero attached hydrogens (tertiary/aromatic N) is 1. The van der Waals surface area contributed by atoms with Crippen LogP contribution in [0.4, 0.5) is 0 Å². The summed E-state index contributed by atoms with van der Waals surface area (Å²) < 4.78 is 0. The molecule has 2 rings (SSSR count). The number of likely N-dealkylation sites (tertiary alicyclic amines) is 1. The van der Waals surface area contributed by atoms with E-state index in [4.69, 9.17) is 0 Å². The van der Waals surface area contributed by atoms with Crippen molar-refractivity contribution >= 4 is 12.3 Å². The molecule has 7 heteroatoms. The Morgan fingerprint density at radius 3 is 2.14 bits per heavy atom. The molecule has 2 aliphatic rings. The Balaban J connectivity index is 0.000000757. The molecule has 242 valence electrons. The van der Waals surface area contributed by atoms with Gasteiger partial charge < -0.3 is 30.8 Å². The second-order valence-electron chi connectivity index (χ2n) is 12.2. The maximum absolute atomic E-state index is 11.3. The Kier molecular flexibility index (Phi) is 20.9. The number of carboxylic acids is 1. The van der Waals surface area contributed by atoms with Gasteiger partial charge in [0.1, 0.15) is 12.3 Å². The number of aldehydes is 1. The van der Waals surface area contributed by atoms with Crippen LogP contribution in [0, 0.1) is 23.7 Å². The van der Waals surface area contributed by atoms with Crippen LogP contribution in [0.25, 0.3) is 0 Å². The Morgan fingerprint density at radius 1 is 1.07 bits per heavy atom. The molecule has 4 N–H and O–H groups in total. The van der Waals surface area contributed by atoms with Gasteiger partial charge >= 0.3 is 5.97 Å². The highest BCUT2D eigenvalue weighted by Gasteiger charge is 2.33. The highest BCUT2D eigenvalue weighted by atomic mass is 16.4. The van der Waals surface area contributed by atoms with E-state index >= 15 is 0 Å². The molecule has 0 aromatic carbocycles. The minimum Gasteiger partial charge on any atom is -0.480 e. The summed E-state index contributed by atoms with van der Waals surface area (Å²) in [6, 6.07) is -0.730. The van der Waals surface area contributed by atoms with Crippen LogP contribution < -0.4 is 16.0 Å². The maximum atomic E-state index is 11.3. The standard InChI is InChI=1S/C18H29N.C15H29N3O3.C2H6/c1-6-16-7-9-17(10-8-16)12-19-14(4)11-18(13(2)3)15(19)5;1-11(2)17-13(8-10-19)12(3)18-14(15(20)21)7-5-6-9-16-4;1-2/h6,13,16-18H,1,4-5,7-12H2,2-3H3;10-11,13-14,16-18H,3,5-9H2,1-2,4H3,(H,20,21);1-2H3. The molecule has 2 fully saturated rings. The van der Waals surface area contributed by atoms with E-state index in [2.05, 4.69) is 67.1 Å². The van der Waals surface area contributed by atoms with Crippen molar-refractivity contribution in [2.45, 2.75) is 117 Å². The lowest BCUT2D eigenvalue weighted by atomic mass is 9.82. The average molecular weight is 589 g/mol. The molecule has 1 saturated carbocycles. The number of carbonyl (C=O) groups excluding carboxylic acids is 1. The van der Waals surface area contributed by atoms with Gasteiger partial charge in [0.05, 0.1) is 6.04 Å². The third-order valence-electron chi connectivity index (χ3n) is 8.20. The minimum absolute atomic E-state index is 0.187. The molecule has 7 nitrogen and oxygen atoms in total. The molecule has 1 aliphatic heterocycles. The Labute approximate surface area is 258 Å². The van der Waals surface area contributed by atoms with Crippen LogP contribution in [0.15, 0.2) is 49.5 Å². The van der Waals surface area contributed by atoms with Gasteiger partial charge in [0.15, 0.2) is 0 Å². The van der Waals surface area contributed by atoms with Crippen molar-refractivity contribution in [2.24, 2.45) is 23.7 Å². The van der Waals surface area contributed by atoms with E-state index < -0.39 is 12.0 Å². The van der Waals surface area contributed by atoms with E-state index in [1.165, 1.54) is 37.1 Å². The van der Waals surface area contributed by atoms with Gasteiger partial charge in [-0.1, -0.05) is 67.4 Å². The van der Waals surface area contributed by atoms with Gasteiger partial charge in [0.25, 0.3) is 0 Å². The SMILES string of the molecule is C=C(NC(CCCCNC)C(=O)O)C(CC=O)NC(C)C.C=CC1CCC(CN2C(=C)CC(C(C)C)C2=C)CC1.CC. The summed E-state index contributed by atoms with van der Waals surface area (Å²) in [5.74, 6) is 1.96. The fourth-order valence-corrected chi connectivity index (χ4v) is 5.66. The smallest absolute Gasteiger partial charge is 0.326 e. The molecule has 1 saturated heterocycles. The molecule has 0 aromatic heterocycles. The van der Waals surface area contributed by atoms with Crippen LogP contribution in [-0.4, -0.2) is 60.5 Å². The third-order valence-corrected chi connectivity index (χ3v) is 8.20. The molecular formula is C35H64N4O3. The van der Waals surface area contributed by atoms with Gasteiger partial charge in [-0.25, -0.2) is 4.79 Å². The van der Waals surface area contributed by atoms with E-state index in [0.29, 0.717) is 24.0 Å². The lowest BCUT2D eigenvalue weighted by Crippen LogP contribution is -2.45. The second-order valence-corrected chi connectivity index (χ2v) is 12.2. The molecule has 0 spiro atoms. The summed E-state index contributed by atoms with van der Waals surface area (Å²) in [6.45, 7) is 31.0. The fourth-order valence-electron chi connectivity index (χ4n) is 5.66. The van der Waals surface area contributed by atoms with Crippen LogP contribution in [0.3, 0.4) is 0 Å². The van der Waals surface area contributed by atoms with Crippen molar-refractivity contribution in [3.05, 3.63) is 49.5 Å². The van der Waals surface area contributed by atoms with Crippen molar-refractivity contribution < 1.29 is 14.7 Å². The Bertz CT molecular complexity index is 830. The van der Waals surface area contributed by atoms with Gasteiger partial charge in [0.2, 0.25) is 0 Å². The number of hydrogen-bond acceptors (Lipinski definition) is 6. The third kappa shape index (κ3) is 14.7. The van der Waals surface area contributed by atoms with E-state index in [9.17, 15) is 14.7 Å². The second kappa shape index (κ2) is 22.2. The molecule has 0 amide bonds. The first-order valence-electron chi connectivity index (χ1n) is 16.2. The maximum Gasteiger partial charge on any atom is 0.326 e. The largest absolute Gasteiger partial charge is 0.480 e. The molecule has 3 atom stereocenters. The van der Waals surface area contributed by atoms with Gasteiger partial charge in [-0.3, -0.25) is 0 Å². The number of hydrogen-bond donors (Lipinski definition) is 4. The highest BCUT2D eigenvalue weighted by Crippen LogP contribution is 2.40. The number of rotatable bonds is 17. The number of unbranched alkanes of at least 4 members (excludes halogenated alkanes) is 1. The molecule has 1 aliphatic carbocycles. The van der Waals surface area contributed by atoms with Gasteiger partial charge in [-0.15, -0.1) is 6.58 Å². The molecule has 3 unspecified atom stereocenters. The number of carboxylic acid groups (broad SMARTS) is 1. The van der Waals surface area contributed by atoms with Crippen molar-refractivity contribution in [2.75, 3.05) is 20.1 Å². The summed E-state index contributed by atoms with van der Waals surface area (Å²) in [4.78, 5) is 24.4. The normalized spacial score (nSPS) is 21.5. The summed E-state index contributed by atoms with van der Waals surface area (Å²) in [5.41, 5.74) is 3.15. The summed E-state index contributed by atoms with van der Waals surface area (Å²) in [5, 5.41) is 18.4. The van der Waals surface area contributed by atoms with Crippen LogP contribution in [0.1, 0.15) is 99.3 Å². The lowest BCUT2D eigenvalue weighted by Gasteiger charge is -2.32. The average Bonchev–Trinajstić information content (AvgIpc) is 3.24. The summed E-state index contributed by atoms with van der Waals surface area (Å²) in [7, 11) is 1.87. The molecule has 1 heterocycles. The predicted molar refractivity (Wildman–Crippen MR) is 179 cm³/mol. The molecular weight excluding hydrogens is 524 g/mol. The predicted octanol–water partition coefficient (Wildman–Crippen LogP) is 6.90. The molecule has 42 heavy (non-hydrogen) atoms. The first kappa shape index (κ1) is 39.6. The van der Waals surface area contributed by atoms with Crippen molar-refractivity contribution in [3.8, 4) is 0 Å². The van der Waals surface area contributed by atoms with Crippen LogP contribution in [-0.2, 0) is 9.59 Å². The van der Waals surface area contributed by atoms with E-state index in [1.54, 1.807) is 0 Å². The van der Waals surface area contributed by atoms with Crippen LogP contribution in [0.2, 0.25) is 0 Å². The Hall–Kier alpha value is -2.38. The Morgan fingerprint density at radius 2 is 1.69 bits per heavy atom. The summed E-state index contributed by atoms with van der Waals surface area (Å²) in [6.07, 6.45) is 11.9. The number of nitrogens with one attached hydrogen (secondary N) is 3. The van der Waals surface area contributed by atoms with Crippen molar-refractivity contribution in [3.63, 3.8) is 0 Å². The topological polar surface area (TPSA) is 93.7 Å². The van der Waals surface area contributed by atoms with Crippen molar-refractivity contribution in [1.82, 2.24) is 20.9 Å².